The summed E-state index contributed by atoms with van der Waals surface area (Å²) in [6.45, 7) is 3.09. The van der Waals surface area contributed by atoms with Gasteiger partial charge >= 0.3 is 0 Å². The summed E-state index contributed by atoms with van der Waals surface area (Å²) in [6.07, 6.45) is 6.73. The van der Waals surface area contributed by atoms with Crippen molar-refractivity contribution in [2.75, 3.05) is 11.9 Å². The molecule has 1 aromatic rings. The van der Waals surface area contributed by atoms with Crippen molar-refractivity contribution >= 4 is 5.95 Å². The number of anilines is 1. The fourth-order valence-electron chi connectivity index (χ4n) is 0.731. The van der Waals surface area contributed by atoms with Gasteiger partial charge in [0.2, 0.25) is 5.95 Å². The van der Waals surface area contributed by atoms with Gasteiger partial charge in [-0.3, -0.25) is 0 Å². The quantitative estimate of drug-likeness (QED) is 0.661. The summed E-state index contributed by atoms with van der Waals surface area (Å²) in [7, 11) is 0. The molecule has 0 spiro atoms. The smallest absolute Gasteiger partial charge is 0.223 e. The minimum atomic E-state index is 0.668. The molecule has 0 aliphatic rings. The van der Waals surface area contributed by atoms with Crippen LogP contribution in [0.25, 0.3) is 0 Å². The number of rotatable bonds is 4. The lowest BCUT2D eigenvalue weighted by molar-refractivity contribution is 0.826. The Bertz CT molecular complexity index is 186. The molecule has 3 nitrogen and oxygen atoms in total. The largest absolute Gasteiger partial charge is 0.354 e. The zero-order valence-corrected chi connectivity index (χ0v) is 6.67. The van der Waals surface area contributed by atoms with E-state index in [-0.39, 0.29) is 0 Å². The second-order valence-electron chi connectivity index (χ2n) is 2.29. The summed E-state index contributed by atoms with van der Waals surface area (Å²) in [5.74, 6) is 0.668. The van der Waals surface area contributed by atoms with Crippen molar-refractivity contribution in [3.63, 3.8) is 0 Å². The fourth-order valence-corrected chi connectivity index (χ4v) is 0.731. The molecule has 1 rings (SSSR count). The van der Waals surface area contributed by atoms with Gasteiger partial charge in [0.25, 0.3) is 0 Å². The lowest BCUT2D eigenvalue weighted by Crippen LogP contribution is -2.03. The Morgan fingerprint density at radius 2 is 2.55 bits per heavy atom. The molecule has 11 heavy (non-hydrogen) atoms. The molecule has 59 valence electrons. The Hall–Kier alpha value is -1.12. The van der Waals surface area contributed by atoms with E-state index in [1.54, 1.807) is 12.3 Å². The molecular formula is C8H12N3. The van der Waals surface area contributed by atoms with Gasteiger partial charge in [-0.1, -0.05) is 13.3 Å². The highest BCUT2D eigenvalue weighted by Crippen LogP contribution is 1.94. The Balaban J connectivity index is 2.28. The molecule has 0 bridgehead atoms. The highest BCUT2D eigenvalue weighted by atomic mass is 15.1. The van der Waals surface area contributed by atoms with Crippen LogP contribution in [0.5, 0.6) is 0 Å². The van der Waals surface area contributed by atoms with Crippen LogP contribution in [-0.2, 0) is 0 Å². The molecule has 0 saturated heterocycles. The predicted octanol–water partition coefficient (Wildman–Crippen LogP) is 1.49. The summed E-state index contributed by atoms with van der Waals surface area (Å²) in [4.78, 5) is 7.90. The van der Waals surface area contributed by atoms with Crippen LogP contribution in [0.1, 0.15) is 19.8 Å². The molecule has 0 saturated carbocycles. The average molecular weight is 150 g/mol. The first-order valence-corrected chi connectivity index (χ1v) is 3.86. The van der Waals surface area contributed by atoms with Gasteiger partial charge in [-0.2, -0.15) is 0 Å². The van der Waals surface area contributed by atoms with Gasteiger partial charge in [-0.05, 0) is 12.5 Å². The molecule has 0 aromatic carbocycles. The number of unbranched alkanes of at least 4 members (excludes halogenated alkanes) is 1. The van der Waals surface area contributed by atoms with E-state index in [0.717, 1.165) is 13.0 Å². The van der Waals surface area contributed by atoms with Gasteiger partial charge in [0.1, 0.15) is 0 Å². The van der Waals surface area contributed by atoms with Crippen molar-refractivity contribution in [2.24, 2.45) is 0 Å². The van der Waals surface area contributed by atoms with Gasteiger partial charge in [0.15, 0.2) is 0 Å². The van der Waals surface area contributed by atoms with Crippen molar-refractivity contribution in [3.8, 4) is 0 Å². The van der Waals surface area contributed by atoms with E-state index >= 15 is 0 Å². The van der Waals surface area contributed by atoms with Gasteiger partial charge in [-0.25, -0.2) is 9.97 Å². The standard InChI is InChI=1S/C8H12N3/c1-2-3-5-9-8-10-6-4-7-11-8/h4,6H,2-3,5H2,1H3,(H,9,10,11). The Morgan fingerprint density at radius 3 is 3.18 bits per heavy atom. The maximum atomic E-state index is 4.00. The fraction of sp³-hybridized carbons (Fsp3) is 0.500. The van der Waals surface area contributed by atoms with Crippen LogP contribution in [0.4, 0.5) is 5.95 Å². The van der Waals surface area contributed by atoms with Crippen molar-refractivity contribution in [2.45, 2.75) is 19.8 Å². The van der Waals surface area contributed by atoms with E-state index in [9.17, 15) is 0 Å². The topological polar surface area (TPSA) is 37.8 Å². The van der Waals surface area contributed by atoms with E-state index in [1.165, 1.54) is 6.42 Å². The molecule has 1 aromatic heterocycles. The molecule has 1 heterocycles. The molecule has 0 unspecified atom stereocenters. The van der Waals surface area contributed by atoms with E-state index in [0.29, 0.717) is 5.95 Å². The Labute approximate surface area is 66.9 Å². The highest BCUT2D eigenvalue weighted by molar-refractivity contribution is 5.20. The highest BCUT2D eigenvalue weighted by Gasteiger charge is 1.89. The van der Waals surface area contributed by atoms with E-state index in [2.05, 4.69) is 28.4 Å². The summed E-state index contributed by atoms with van der Waals surface area (Å²) < 4.78 is 0. The van der Waals surface area contributed by atoms with Gasteiger partial charge in [0.05, 0.1) is 6.20 Å². The zero-order valence-electron chi connectivity index (χ0n) is 6.67. The first-order chi connectivity index (χ1) is 5.43. The summed E-state index contributed by atoms with van der Waals surface area (Å²) in [5.41, 5.74) is 0. The SMILES string of the molecule is CCCCNc1n[c]ccn1. The number of hydrogen-bond acceptors (Lipinski definition) is 3. The molecule has 0 amide bonds. The van der Waals surface area contributed by atoms with Gasteiger partial charge < -0.3 is 5.32 Å². The van der Waals surface area contributed by atoms with Crippen molar-refractivity contribution in [3.05, 3.63) is 18.5 Å². The van der Waals surface area contributed by atoms with Crippen LogP contribution in [0.15, 0.2) is 12.3 Å². The number of nitrogens with one attached hydrogen (secondary N) is 1. The maximum absolute atomic E-state index is 4.00. The molecule has 0 fully saturated rings. The zero-order chi connectivity index (χ0) is 7.94. The van der Waals surface area contributed by atoms with E-state index in [4.69, 9.17) is 0 Å². The van der Waals surface area contributed by atoms with Crippen LogP contribution in [0.2, 0.25) is 0 Å². The van der Waals surface area contributed by atoms with Gasteiger partial charge in [-0.15, -0.1) is 0 Å². The molecule has 0 aliphatic heterocycles. The third kappa shape index (κ3) is 2.98. The van der Waals surface area contributed by atoms with Crippen molar-refractivity contribution < 1.29 is 0 Å². The first kappa shape index (κ1) is 7.98. The lowest BCUT2D eigenvalue weighted by atomic mass is 10.3. The van der Waals surface area contributed by atoms with E-state index < -0.39 is 0 Å². The number of nitrogens with zero attached hydrogens (tertiary/aromatic N) is 2. The Morgan fingerprint density at radius 1 is 1.64 bits per heavy atom. The van der Waals surface area contributed by atoms with E-state index in [1.807, 2.05) is 0 Å². The maximum Gasteiger partial charge on any atom is 0.223 e. The second-order valence-corrected chi connectivity index (χ2v) is 2.29. The predicted molar refractivity (Wildman–Crippen MR) is 44.3 cm³/mol. The van der Waals surface area contributed by atoms with Crippen LogP contribution >= 0.6 is 0 Å². The minimum Gasteiger partial charge on any atom is -0.354 e. The number of aromatic nitrogens is 2. The van der Waals surface area contributed by atoms with Crippen LogP contribution in [0.3, 0.4) is 0 Å². The molecular weight excluding hydrogens is 138 g/mol. The lowest BCUT2D eigenvalue weighted by Gasteiger charge is -2.00. The number of hydrogen-bond donors (Lipinski definition) is 1. The molecule has 1 radical (unpaired) electrons. The monoisotopic (exact) mass is 150 g/mol. The minimum absolute atomic E-state index is 0.668. The third-order valence-electron chi connectivity index (χ3n) is 1.33. The first-order valence-electron chi connectivity index (χ1n) is 3.86. The van der Waals surface area contributed by atoms with Crippen LogP contribution in [0, 0.1) is 6.20 Å². The second kappa shape index (κ2) is 4.66. The molecule has 0 atom stereocenters. The average Bonchev–Trinajstić information content (AvgIpc) is 2.07. The Kier molecular flexibility index (Phi) is 3.38. The molecule has 3 heteroatoms. The van der Waals surface area contributed by atoms with Crippen molar-refractivity contribution in [1.29, 1.82) is 0 Å². The third-order valence-corrected chi connectivity index (χ3v) is 1.33. The summed E-state index contributed by atoms with van der Waals surface area (Å²) in [6, 6.07) is 1.69. The summed E-state index contributed by atoms with van der Waals surface area (Å²) in [5, 5.41) is 3.09. The van der Waals surface area contributed by atoms with Gasteiger partial charge in [0, 0.05) is 12.7 Å². The normalized spacial score (nSPS) is 9.55. The molecule has 1 N–H and O–H groups in total. The van der Waals surface area contributed by atoms with Crippen LogP contribution in [-0.4, -0.2) is 16.5 Å². The van der Waals surface area contributed by atoms with Crippen molar-refractivity contribution in [1.82, 2.24) is 9.97 Å². The molecule has 0 aliphatic carbocycles. The van der Waals surface area contributed by atoms with Crippen LogP contribution < -0.4 is 5.32 Å². The summed E-state index contributed by atoms with van der Waals surface area (Å²) >= 11 is 0.